The zero-order chi connectivity index (χ0) is 24.9. The highest BCUT2D eigenvalue weighted by Crippen LogP contribution is 2.30. The number of halogens is 2. The van der Waals surface area contributed by atoms with Crippen LogP contribution in [0.15, 0.2) is 53.3 Å². The molecule has 0 aliphatic heterocycles. The van der Waals surface area contributed by atoms with Gasteiger partial charge in [-0.15, -0.1) is 0 Å². The number of aromatic nitrogens is 2. The van der Waals surface area contributed by atoms with Crippen molar-refractivity contribution in [2.45, 2.75) is 71.4 Å². The number of rotatable bonds is 9. The topological polar surface area (TPSA) is 64.2 Å². The van der Waals surface area contributed by atoms with Gasteiger partial charge in [0.1, 0.15) is 5.69 Å². The van der Waals surface area contributed by atoms with E-state index in [1.54, 1.807) is 24.3 Å². The maximum atomic E-state index is 14.2. The number of alkyl halides is 2. The maximum absolute atomic E-state index is 14.2. The average molecular weight is 483 g/mol. The van der Waals surface area contributed by atoms with Gasteiger partial charge in [-0.3, -0.25) is 9.13 Å². The molecule has 0 radical (unpaired) electrons. The lowest BCUT2D eigenvalue weighted by molar-refractivity contribution is 0.0697. The van der Waals surface area contributed by atoms with Crippen LogP contribution in [0.2, 0.25) is 0 Å². The molecule has 5 nitrogen and oxygen atoms in total. The minimum absolute atomic E-state index is 0.130. The molecule has 1 saturated carbocycles. The first-order valence-electron chi connectivity index (χ1n) is 12.4. The molecule has 0 amide bonds. The Morgan fingerprint density at radius 2 is 1.71 bits per heavy atom. The monoisotopic (exact) mass is 482 g/mol. The summed E-state index contributed by atoms with van der Waals surface area (Å²) in [5.74, 6) is -0.739. The number of carbonyl (C=O) groups is 1. The van der Waals surface area contributed by atoms with Crippen LogP contribution in [0.4, 0.5) is 8.78 Å². The van der Waals surface area contributed by atoms with Crippen molar-refractivity contribution in [3.05, 3.63) is 81.5 Å². The third-order valence-electron chi connectivity index (χ3n) is 7.00. The Morgan fingerprint density at radius 1 is 1.03 bits per heavy atom. The molecule has 1 N–H and O–H groups in total. The Kier molecular flexibility index (Phi) is 7.83. The molecule has 0 unspecified atom stereocenters. The third kappa shape index (κ3) is 5.39. The molecule has 1 fully saturated rings. The summed E-state index contributed by atoms with van der Waals surface area (Å²) in [6, 6.07) is 14.1. The number of aromatic carboxylic acids is 1. The number of carboxylic acid groups (broad SMARTS) is 1. The van der Waals surface area contributed by atoms with Crippen LogP contribution in [0.3, 0.4) is 0 Å². The van der Waals surface area contributed by atoms with Gasteiger partial charge in [-0.05, 0) is 47.9 Å². The highest BCUT2D eigenvalue weighted by molar-refractivity contribution is 5.95. The van der Waals surface area contributed by atoms with Gasteiger partial charge in [0, 0.05) is 12.2 Å². The Morgan fingerprint density at radius 3 is 2.34 bits per heavy atom. The van der Waals surface area contributed by atoms with E-state index in [1.807, 2.05) is 31.2 Å². The lowest BCUT2D eigenvalue weighted by Gasteiger charge is -2.22. The normalized spacial score (nSPS) is 14.5. The third-order valence-corrected chi connectivity index (χ3v) is 7.00. The molecule has 35 heavy (non-hydrogen) atoms. The van der Waals surface area contributed by atoms with Gasteiger partial charge in [-0.25, -0.2) is 18.4 Å². The molecule has 4 rings (SSSR count). The summed E-state index contributed by atoms with van der Waals surface area (Å²) in [7, 11) is 0. The van der Waals surface area contributed by atoms with Crippen LogP contribution in [-0.2, 0) is 19.5 Å². The highest BCUT2D eigenvalue weighted by atomic mass is 19.3. The number of hydrogen-bond acceptors (Lipinski definition) is 2. The van der Waals surface area contributed by atoms with E-state index in [-0.39, 0.29) is 29.4 Å². The van der Waals surface area contributed by atoms with E-state index in [9.17, 15) is 23.5 Å². The molecular formula is C28H32F2N2O3. The van der Waals surface area contributed by atoms with Gasteiger partial charge in [0.05, 0.1) is 12.1 Å². The molecule has 1 heterocycles. The van der Waals surface area contributed by atoms with Crippen molar-refractivity contribution in [2.75, 3.05) is 0 Å². The lowest BCUT2D eigenvalue weighted by atomic mass is 9.89. The van der Waals surface area contributed by atoms with E-state index >= 15 is 0 Å². The summed E-state index contributed by atoms with van der Waals surface area (Å²) in [5.41, 5.74) is 2.29. The molecule has 0 spiro atoms. The molecule has 186 valence electrons. The van der Waals surface area contributed by atoms with Gasteiger partial charge in [-0.1, -0.05) is 75.1 Å². The summed E-state index contributed by atoms with van der Waals surface area (Å²) in [4.78, 5) is 25.0. The van der Waals surface area contributed by atoms with E-state index in [0.29, 0.717) is 30.6 Å². The van der Waals surface area contributed by atoms with Gasteiger partial charge < -0.3 is 5.11 Å². The van der Waals surface area contributed by atoms with Crippen molar-refractivity contribution in [2.24, 2.45) is 5.92 Å². The fraction of sp³-hybridized carbons (Fsp3) is 0.429. The number of benzene rings is 2. The molecule has 1 aromatic heterocycles. The van der Waals surface area contributed by atoms with Crippen LogP contribution in [0.1, 0.15) is 79.2 Å². The molecule has 1 aliphatic carbocycles. The van der Waals surface area contributed by atoms with E-state index < -0.39 is 12.4 Å². The minimum atomic E-state index is -2.70. The van der Waals surface area contributed by atoms with Crippen molar-refractivity contribution >= 4 is 5.97 Å². The van der Waals surface area contributed by atoms with Crippen molar-refractivity contribution in [3.63, 3.8) is 0 Å². The van der Waals surface area contributed by atoms with Crippen molar-refractivity contribution in [1.29, 1.82) is 0 Å². The second-order valence-corrected chi connectivity index (χ2v) is 9.41. The summed E-state index contributed by atoms with van der Waals surface area (Å²) in [6.45, 7) is 2.48. The standard InChI is InChI=1S/C28H32F2N2O3/c1-2-8-24-25(26(29)30)32(18-19-9-4-3-5-10-19)28(35)31(24)17-20-13-15-21(16-14-20)22-11-6-7-12-23(22)27(33)34/h6-7,11-16,19,26H,2-5,8-10,17-18H2,1H3,(H,33,34). The fourth-order valence-corrected chi connectivity index (χ4v) is 5.26. The Balaban J connectivity index is 1.67. The largest absolute Gasteiger partial charge is 0.478 e. The van der Waals surface area contributed by atoms with Gasteiger partial charge in [-0.2, -0.15) is 0 Å². The van der Waals surface area contributed by atoms with Crippen molar-refractivity contribution < 1.29 is 18.7 Å². The summed E-state index contributed by atoms with van der Waals surface area (Å²) in [5, 5.41) is 9.48. The van der Waals surface area contributed by atoms with Crippen molar-refractivity contribution in [3.8, 4) is 11.1 Å². The van der Waals surface area contributed by atoms with Crippen molar-refractivity contribution in [1.82, 2.24) is 9.13 Å². The molecule has 2 aromatic carbocycles. The molecular weight excluding hydrogens is 450 g/mol. The van der Waals surface area contributed by atoms with E-state index in [0.717, 1.165) is 36.8 Å². The first-order valence-corrected chi connectivity index (χ1v) is 12.4. The van der Waals surface area contributed by atoms with E-state index in [1.165, 1.54) is 15.6 Å². The predicted molar refractivity (Wildman–Crippen MR) is 132 cm³/mol. The zero-order valence-corrected chi connectivity index (χ0v) is 20.1. The van der Waals surface area contributed by atoms with Crippen LogP contribution < -0.4 is 5.69 Å². The average Bonchev–Trinajstić information content (AvgIpc) is 3.11. The van der Waals surface area contributed by atoms with Crippen LogP contribution in [0.5, 0.6) is 0 Å². The summed E-state index contributed by atoms with van der Waals surface area (Å²) < 4.78 is 31.3. The van der Waals surface area contributed by atoms with Crippen LogP contribution in [-0.4, -0.2) is 20.2 Å². The SMILES string of the molecule is CCCc1c(C(F)F)n(CC2CCCCC2)c(=O)n1Cc1ccc(-c2ccccc2C(=O)O)cc1. The zero-order valence-electron chi connectivity index (χ0n) is 20.1. The van der Waals surface area contributed by atoms with Crippen LogP contribution in [0.25, 0.3) is 11.1 Å². The number of hydrogen-bond donors (Lipinski definition) is 1. The van der Waals surface area contributed by atoms with Gasteiger partial charge in [0.2, 0.25) is 0 Å². The highest BCUT2D eigenvalue weighted by Gasteiger charge is 2.27. The Labute approximate surface area is 204 Å². The molecule has 0 saturated heterocycles. The fourth-order valence-electron chi connectivity index (χ4n) is 5.26. The molecule has 3 aromatic rings. The summed E-state index contributed by atoms with van der Waals surface area (Å²) >= 11 is 0. The second kappa shape index (κ2) is 11.0. The number of imidazole rings is 1. The summed E-state index contributed by atoms with van der Waals surface area (Å²) in [6.07, 6.45) is 3.66. The lowest BCUT2D eigenvalue weighted by Crippen LogP contribution is -2.29. The van der Waals surface area contributed by atoms with Gasteiger partial charge in [0.15, 0.2) is 0 Å². The van der Waals surface area contributed by atoms with Gasteiger partial charge in [0.25, 0.3) is 6.43 Å². The molecule has 7 heteroatoms. The maximum Gasteiger partial charge on any atom is 0.336 e. The quantitative estimate of drug-likeness (QED) is 0.377. The number of nitrogens with zero attached hydrogens (tertiary/aromatic N) is 2. The smallest absolute Gasteiger partial charge is 0.336 e. The van der Waals surface area contributed by atoms with Crippen LogP contribution in [0, 0.1) is 5.92 Å². The molecule has 0 atom stereocenters. The minimum Gasteiger partial charge on any atom is -0.478 e. The number of carboxylic acids is 1. The van der Waals surface area contributed by atoms with Gasteiger partial charge >= 0.3 is 11.7 Å². The van der Waals surface area contributed by atoms with E-state index in [4.69, 9.17) is 0 Å². The Bertz CT molecular complexity index is 1220. The molecule has 0 bridgehead atoms. The second-order valence-electron chi connectivity index (χ2n) is 9.41. The molecule has 1 aliphatic rings. The first-order chi connectivity index (χ1) is 16.9. The Hall–Kier alpha value is -3.22. The first kappa shape index (κ1) is 24.9. The van der Waals surface area contributed by atoms with E-state index in [2.05, 4.69) is 0 Å². The van der Waals surface area contributed by atoms with Crippen LogP contribution >= 0.6 is 0 Å². The predicted octanol–water partition coefficient (Wildman–Crippen LogP) is 6.53.